The van der Waals surface area contributed by atoms with Gasteiger partial charge in [0.05, 0.1) is 17.3 Å². The van der Waals surface area contributed by atoms with Gasteiger partial charge >= 0.3 is 0 Å². The summed E-state index contributed by atoms with van der Waals surface area (Å²) >= 11 is 1.63. The predicted molar refractivity (Wildman–Crippen MR) is 101 cm³/mol. The van der Waals surface area contributed by atoms with Crippen molar-refractivity contribution in [3.8, 4) is 0 Å². The Kier molecular flexibility index (Phi) is 4.99. The third-order valence-corrected chi connectivity index (χ3v) is 5.47. The van der Waals surface area contributed by atoms with Crippen molar-refractivity contribution in [2.24, 2.45) is 0 Å². The summed E-state index contributed by atoms with van der Waals surface area (Å²) in [7, 11) is 0. The molecule has 130 valence electrons. The molecule has 1 aromatic carbocycles. The number of pyridine rings is 1. The topological polar surface area (TPSA) is 64.0 Å². The Morgan fingerprint density at radius 3 is 2.72 bits per heavy atom. The van der Waals surface area contributed by atoms with Crippen LogP contribution in [0.2, 0.25) is 0 Å². The summed E-state index contributed by atoms with van der Waals surface area (Å²) in [6.45, 7) is 6.22. The quantitative estimate of drug-likeness (QED) is 0.763. The van der Waals surface area contributed by atoms with E-state index in [-0.39, 0.29) is 23.9 Å². The minimum atomic E-state index is -0.0915. The molecule has 0 bridgehead atoms. The van der Waals surface area contributed by atoms with Crippen molar-refractivity contribution in [2.75, 3.05) is 0 Å². The van der Waals surface area contributed by atoms with Gasteiger partial charge in [0, 0.05) is 22.5 Å². The number of aryl methyl sites for hydroxylation is 2. The highest BCUT2D eigenvalue weighted by Gasteiger charge is 2.17. The van der Waals surface area contributed by atoms with Crippen LogP contribution in [-0.4, -0.2) is 15.5 Å². The van der Waals surface area contributed by atoms with Gasteiger partial charge in [0.25, 0.3) is 0 Å². The van der Waals surface area contributed by atoms with E-state index in [0.717, 1.165) is 22.6 Å². The van der Waals surface area contributed by atoms with Gasteiger partial charge in [-0.05, 0) is 32.4 Å². The molecule has 3 rings (SSSR count). The zero-order valence-corrected chi connectivity index (χ0v) is 15.4. The molecular weight excluding hydrogens is 334 g/mol. The Morgan fingerprint density at radius 2 is 2.04 bits per heavy atom. The van der Waals surface area contributed by atoms with E-state index in [4.69, 9.17) is 0 Å². The number of nitrogens with one attached hydrogen (secondary N) is 1. The maximum atomic E-state index is 12.5. The van der Waals surface area contributed by atoms with Gasteiger partial charge < -0.3 is 9.88 Å². The molecule has 0 saturated heterocycles. The number of para-hydroxylation sites is 1. The smallest absolute Gasteiger partial charge is 0.240 e. The van der Waals surface area contributed by atoms with Crippen molar-refractivity contribution in [3.05, 3.63) is 62.3 Å². The number of carbonyl (C=O) groups is 1. The molecule has 0 aliphatic heterocycles. The lowest BCUT2D eigenvalue weighted by Crippen LogP contribution is -2.31. The van der Waals surface area contributed by atoms with Crippen molar-refractivity contribution in [1.29, 1.82) is 0 Å². The van der Waals surface area contributed by atoms with Crippen molar-refractivity contribution in [2.45, 2.75) is 39.8 Å². The van der Waals surface area contributed by atoms with Crippen molar-refractivity contribution in [3.63, 3.8) is 0 Å². The zero-order chi connectivity index (χ0) is 18.0. The summed E-state index contributed by atoms with van der Waals surface area (Å²) in [6.07, 6.45) is 2.45. The van der Waals surface area contributed by atoms with E-state index in [2.05, 4.69) is 10.3 Å². The van der Waals surface area contributed by atoms with Crippen molar-refractivity contribution < 1.29 is 4.79 Å². The summed E-state index contributed by atoms with van der Waals surface area (Å²) in [6, 6.07) is 8.74. The number of aromatic nitrogens is 2. The van der Waals surface area contributed by atoms with Crippen LogP contribution >= 0.6 is 11.3 Å². The Hall–Kier alpha value is -2.47. The zero-order valence-electron chi connectivity index (χ0n) is 14.6. The third-order valence-electron chi connectivity index (χ3n) is 4.29. The van der Waals surface area contributed by atoms with Gasteiger partial charge in [-0.15, -0.1) is 11.3 Å². The van der Waals surface area contributed by atoms with Crippen LogP contribution in [0.3, 0.4) is 0 Å². The fourth-order valence-electron chi connectivity index (χ4n) is 2.78. The average Bonchev–Trinajstić information content (AvgIpc) is 2.94. The van der Waals surface area contributed by atoms with Crippen LogP contribution in [0.1, 0.15) is 35.0 Å². The molecule has 5 nitrogen and oxygen atoms in total. The van der Waals surface area contributed by atoms with E-state index in [1.165, 1.54) is 10.9 Å². The van der Waals surface area contributed by atoms with Crippen LogP contribution < -0.4 is 10.7 Å². The van der Waals surface area contributed by atoms with E-state index >= 15 is 0 Å². The number of hydrogen-bond acceptors (Lipinski definition) is 4. The number of hydrogen-bond donors (Lipinski definition) is 1. The molecule has 0 aliphatic carbocycles. The first-order chi connectivity index (χ1) is 12.0. The fraction of sp³-hybridized carbons (Fsp3) is 0.316. The second kappa shape index (κ2) is 7.19. The van der Waals surface area contributed by atoms with Gasteiger partial charge in [0.2, 0.25) is 5.91 Å². The molecule has 0 radical (unpaired) electrons. The first-order valence-electron chi connectivity index (χ1n) is 8.31. The highest BCUT2D eigenvalue weighted by Crippen LogP contribution is 2.24. The number of rotatable bonds is 5. The van der Waals surface area contributed by atoms with Crippen molar-refractivity contribution in [1.82, 2.24) is 14.9 Å². The minimum Gasteiger partial charge on any atom is -0.345 e. The van der Waals surface area contributed by atoms with Crippen LogP contribution in [0, 0.1) is 13.8 Å². The number of nitrogens with zero attached hydrogens (tertiary/aromatic N) is 2. The summed E-state index contributed by atoms with van der Waals surface area (Å²) in [4.78, 5) is 30.2. The SMILES string of the molecule is CC[C@@H](NC(=O)Cn1ccc(=O)c2ccccc21)c1nc(C)c(C)s1. The monoisotopic (exact) mass is 355 g/mol. The van der Waals surface area contributed by atoms with E-state index in [0.29, 0.717) is 5.39 Å². The average molecular weight is 355 g/mol. The van der Waals surface area contributed by atoms with Gasteiger partial charge in [0.15, 0.2) is 5.43 Å². The molecule has 6 heteroatoms. The van der Waals surface area contributed by atoms with Crippen LogP contribution in [0.25, 0.3) is 10.9 Å². The molecule has 1 atom stereocenters. The summed E-state index contributed by atoms with van der Waals surface area (Å²) in [5.41, 5.74) is 1.74. The van der Waals surface area contributed by atoms with E-state index < -0.39 is 0 Å². The van der Waals surface area contributed by atoms with Crippen LogP contribution in [0.15, 0.2) is 41.3 Å². The van der Waals surface area contributed by atoms with Crippen LogP contribution in [-0.2, 0) is 11.3 Å². The first-order valence-corrected chi connectivity index (χ1v) is 9.12. The fourth-order valence-corrected chi connectivity index (χ4v) is 3.84. The lowest BCUT2D eigenvalue weighted by atomic mass is 10.2. The minimum absolute atomic E-state index is 0.0348. The number of fused-ring (bicyclic) bond motifs is 1. The van der Waals surface area contributed by atoms with Gasteiger partial charge in [-0.3, -0.25) is 9.59 Å². The molecule has 0 saturated carbocycles. The number of carbonyl (C=O) groups excluding carboxylic acids is 1. The highest BCUT2D eigenvalue weighted by molar-refractivity contribution is 7.11. The molecule has 3 aromatic rings. The van der Waals surface area contributed by atoms with E-state index in [1.807, 2.05) is 39.0 Å². The molecule has 1 N–H and O–H groups in total. The first kappa shape index (κ1) is 17.4. The summed E-state index contributed by atoms with van der Waals surface area (Å²) < 4.78 is 1.80. The van der Waals surface area contributed by atoms with Crippen molar-refractivity contribution >= 4 is 28.1 Å². The highest BCUT2D eigenvalue weighted by atomic mass is 32.1. The van der Waals surface area contributed by atoms with Gasteiger partial charge in [-0.1, -0.05) is 19.1 Å². The molecular formula is C19H21N3O2S. The third kappa shape index (κ3) is 3.64. The Labute approximate surface area is 150 Å². The summed E-state index contributed by atoms with van der Waals surface area (Å²) in [5.74, 6) is -0.0915. The predicted octanol–water partition coefficient (Wildman–Crippen LogP) is 3.34. The second-order valence-corrected chi connectivity index (χ2v) is 7.28. The Bertz CT molecular complexity index is 955. The molecule has 0 aliphatic rings. The lowest BCUT2D eigenvalue weighted by Gasteiger charge is -2.16. The molecule has 0 fully saturated rings. The van der Waals surface area contributed by atoms with Gasteiger partial charge in [0.1, 0.15) is 11.6 Å². The number of amides is 1. The maximum absolute atomic E-state index is 12.5. The molecule has 0 spiro atoms. The molecule has 2 aromatic heterocycles. The van der Waals surface area contributed by atoms with Gasteiger partial charge in [-0.25, -0.2) is 4.98 Å². The lowest BCUT2D eigenvalue weighted by molar-refractivity contribution is -0.122. The van der Waals surface area contributed by atoms with E-state index in [9.17, 15) is 9.59 Å². The Balaban J connectivity index is 1.80. The molecule has 1 amide bonds. The van der Waals surface area contributed by atoms with Gasteiger partial charge in [-0.2, -0.15) is 0 Å². The van der Waals surface area contributed by atoms with Crippen LogP contribution in [0.5, 0.6) is 0 Å². The second-order valence-electron chi connectivity index (χ2n) is 6.05. The number of thiazole rings is 1. The standard InChI is InChI=1S/C19H21N3O2S/c1-4-15(19-20-12(2)13(3)25-19)21-18(24)11-22-10-9-17(23)14-7-5-6-8-16(14)22/h5-10,15H,4,11H2,1-3H3,(H,21,24)/t15-/m1/s1. The maximum Gasteiger partial charge on any atom is 0.240 e. The molecule has 2 heterocycles. The largest absolute Gasteiger partial charge is 0.345 e. The normalized spacial score (nSPS) is 12.3. The van der Waals surface area contributed by atoms with Crippen LogP contribution in [0.4, 0.5) is 0 Å². The van der Waals surface area contributed by atoms with E-state index in [1.54, 1.807) is 28.2 Å². The Morgan fingerprint density at radius 1 is 1.28 bits per heavy atom. The molecule has 0 unspecified atom stereocenters. The number of benzene rings is 1. The molecule has 25 heavy (non-hydrogen) atoms. The summed E-state index contributed by atoms with van der Waals surface area (Å²) in [5, 5.41) is 4.62.